The second kappa shape index (κ2) is 2.99. The van der Waals surface area contributed by atoms with Gasteiger partial charge in [0.2, 0.25) is 0 Å². The summed E-state index contributed by atoms with van der Waals surface area (Å²) in [5.74, 6) is 1.11. The van der Waals surface area contributed by atoms with E-state index in [2.05, 4.69) is 0 Å². The lowest BCUT2D eigenvalue weighted by Gasteiger charge is -2.37. The fourth-order valence-electron chi connectivity index (χ4n) is 2.54. The van der Waals surface area contributed by atoms with Crippen molar-refractivity contribution in [2.75, 3.05) is 0 Å². The largest absolute Gasteiger partial charge is 0.489 e. The van der Waals surface area contributed by atoms with Gasteiger partial charge >= 0.3 is 0 Å². The van der Waals surface area contributed by atoms with Crippen molar-refractivity contribution in [3.8, 4) is 0 Å². The van der Waals surface area contributed by atoms with Gasteiger partial charge in [-0.25, -0.2) is 0 Å². The molecular weight excluding hydrogens is 192 g/mol. The summed E-state index contributed by atoms with van der Waals surface area (Å²) in [6, 6.07) is 1.93. The van der Waals surface area contributed by atoms with Crippen LogP contribution in [0, 0.1) is 0 Å². The Morgan fingerprint density at radius 3 is 3.20 bits per heavy atom. The van der Waals surface area contributed by atoms with Crippen molar-refractivity contribution in [2.45, 2.75) is 31.3 Å². The highest BCUT2D eigenvalue weighted by molar-refractivity contribution is 5.91. The molecule has 78 valence electrons. The average Bonchev–Trinajstić information content (AvgIpc) is 2.67. The highest BCUT2D eigenvalue weighted by Crippen LogP contribution is 2.43. The molecule has 0 fully saturated rings. The Bertz CT molecular complexity index is 430. The first kappa shape index (κ1) is 8.77. The van der Waals surface area contributed by atoms with Crippen molar-refractivity contribution in [1.29, 1.82) is 0 Å². The number of fused-ring (bicyclic) bond motifs is 2. The summed E-state index contributed by atoms with van der Waals surface area (Å²) in [4.78, 5) is 11.5. The molecule has 0 saturated carbocycles. The molecule has 1 aromatic heterocycles. The van der Waals surface area contributed by atoms with Gasteiger partial charge in [-0.3, -0.25) is 4.79 Å². The van der Waals surface area contributed by atoms with Crippen LogP contribution in [-0.2, 0) is 21.6 Å². The van der Waals surface area contributed by atoms with E-state index in [0.717, 1.165) is 30.6 Å². The standard InChI is InChI=1S/C12H12O3/c13-9-3-7-15-12(8-9)5-1-2-11-10(12)4-6-14-11/h3-4,6-7H,1-2,5,8H2. The van der Waals surface area contributed by atoms with Gasteiger partial charge < -0.3 is 9.15 Å². The monoisotopic (exact) mass is 204 g/mol. The number of allylic oxidation sites excluding steroid dienone is 1. The first-order chi connectivity index (χ1) is 7.30. The van der Waals surface area contributed by atoms with Crippen LogP contribution in [0.4, 0.5) is 0 Å². The Morgan fingerprint density at radius 1 is 1.40 bits per heavy atom. The van der Waals surface area contributed by atoms with E-state index in [1.807, 2.05) is 6.07 Å². The fraction of sp³-hybridized carbons (Fsp3) is 0.417. The Balaban J connectivity index is 2.08. The Morgan fingerprint density at radius 2 is 2.33 bits per heavy atom. The highest BCUT2D eigenvalue weighted by atomic mass is 16.5. The maximum atomic E-state index is 11.5. The lowest BCUT2D eigenvalue weighted by atomic mass is 9.78. The zero-order chi connectivity index (χ0) is 10.3. The summed E-state index contributed by atoms with van der Waals surface area (Å²) < 4.78 is 11.1. The van der Waals surface area contributed by atoms with Crippen LogP contribution >= 0.6 is 0 Å². The Labute approximate surface area is 87.7 Å². The van der Waals surface area contributed by atoms with E-state index in [4.69, 9.17) is 9.15 Å². The first-order valence-corrected chi connectivity index (χ1v) is 5.24. The van der Waals surface area contributed by atoms with E-state index in [-0.39, 0.29) is 5.78 Å². The molecule has 1 aliphatic heterocycles. The van der Waals surface area contributed by atoms with Gasteiger partial charge in [0.05, 0.1) is 18.9 Å². The van der Waals surface area contributed by atoms with Gasteiger partial charge in [-0.2, -0.15) is 0 Å². The quantitative estimate of drug-likeness (QED) is 0.651. The number of ether oxygens (including phenoxy) is 1. The number of hydrogen-bond donors (Lipinski definition) is 0. The Hall–Kier alpha value is -1.51. The molecule has 0 N–H and O–H groups in total. The molecule has 15 heavy (non-hydrogen) atoms. The van der Waals surface area contributed by atoms with Crippen molar-refractivity contribution in [2.24, 2.45) is 0 Å². The van der Waals surface area contributed by atoms with E-state index in [9.17, 15) is 4.79 Å². The van der Waals surface area contributed by atoms with Gasteiger partial charge in [-0.05, 0) is 18.9 Å². The summed E-state index contributed by atoms with van der Waals surface area (Å²) in [7, 11) is 0. The number of ketones is 1. The third kappa shape index (κ3) is 1.23. The molecule has 1 spiro atoms. The predicted molar refractivity (Wildman–Crippen MR) is 53.2 cm³/mol. The van der Waals surface area contributed by atoms with Crippen LogP contribution in [0.25, 0.3) is 0 Å². The molecule has 1 aliphatic carbocycles. The maximum Gasteiger partial charge on any atom is 0.163 e. The second-order valence-corrected chi connectivity index (χ2v) is 4.17. The van der Waals surface area contributed by atoms with E-state index in [0.29, 0.717) is 6.42 Å². The molecule has 0 aromatic carbocycles. The molecule has 1 atom stereocenters. The summed E-state index contributed by atoms with van der Waals surface area (Å²) in [6.45, 7) is 0. The first-order valence-electron chi connectivity index (χ1n) is 5.24. The van der Waals surface area contributed by atoms with Crippen molar-refractivity contribution >= 4 is 5.78 Å². The zero-order valence-corrected chi connectivity index (χ0v) is 8.36. The number of furan rings is 1. The number of carbonyl (C=O) groups is 1. The molecule has 0 bridgehead atoms. The maximum absolute atomic E-state index is 11.5. The zero-order valence-electron chi connectivity index (χ0n) is 8.36. The van der Waals surface area contributed by atoms with Crippen LogP contribution in [0.1, 0.15) is 30.6 Å². The average molecular weight is 204 g/mol. The lowest BCUT2D eigenvalue weighted by Crippen LogP contribution is -2.36. The SMILES string of the molecule is O=C1C=COC2(CCCc3occc32)C1. The fourth-order valence-corrected chi connectivity index (χ4v) is 2.54. The van der Waals surface area contributed by atoms with Gasteiger partial charge in [0.25, 0.3) is 0 Å². The van der Waals surface area contributed by atoms with Gasteiger partial charge in [0.15, 0.2) is 5.78 Å². The molecule has 1 aromatic rings. The van der Waals surface area contributed by atoms with Crippen LogP contribution in [0.3, 0.4) is 0 Å². The molecule has 0 saturated heterocycles. The number of rotatable bonds is 0. The molecule has 1 unspecified atom stereocenters. The summed E-state index contributed by atoms with van der Waals surface area (Å²) >= 11 is 0. The highest BCUT2D eigenvalue weighted by Gasteiger charge is 2.42. The van der Waals surface area contributed by atoms with Crippen LogP contribution in [0.15, 0.2) is 29.1 Å². The molecule has 0 amide bonds. The minimum atomic E-state index is -0.438. The van der Waals surface area contributed by atoms with Crippen molar-refractivity contribution < 1.29 is 13.9 Å². The molecule has 2 heterocycles. The van der Waals surface area contributed by atoms with Crippen LogP contribution in [-0.4, -0.2) is 5.78 Å². The predicted octanol–water partition coefficient (Wildman–Crippen LogP) is 2.31. The summed E-state index contributed by atoms with van der Waals surface area (Å²) in [5.41, 5.74) is 0.623. The van der Waals surface area contributed by atoms with E-state index in [1.54, 1.807) is 6.26 Å². The van der Waals surface area contributed by atoms with Crippen LogP contribution in [0.5, 0.6) is 0 Å². The Kier molecular flexibility index (Phi) is 1.75. The molecule has 0 radical (unpaired) electrons. The van der Waals surface area contributed by atoms with E-state index in [1.165, 1.54) is 12.3 Å². The minimum Gasteiger partial charge on any atom is -0.489 e. The van der Waals surface area contributed by atoms with Crippen molar-refractivity contribution in [3.63, 3.8) is 0 Å². The van der Waals surface area contributed by atoms with Crippen molar-refractivity contribution in [3.05, 3.63) is 36.0 Å². The number of hydrogen-bond acceptors (Lipinski definition) is 3. The molecule has 3 heteroatoms. The number of aryl methyl sites for hydroxylation is 1. The number of carbonyl (C=O) groups excluding carboxylic acids is 1. The van der Waals surface area contributed by atoms with Crippen LogP contribution in [0.2, 0.25) is 0 Å². The molecular formula is C12H12O3. The van der Waals surface area contributed by atoms with Crippen LogP contribution < -0.4 is 0 Å². The van der Waals surface area contributed by atoms with E-state index >= 15 is 0 Å². The van der Waals surface area contributed by atoms with Gasteiger partial charge in [0.1, 0.15) is 11.4 Å². The van der Waals surface area contributed by atoms with Gasteiger partial charge in [-0.15, -0.1) is 0 Å². The molecule has 3 rings (SSSR count). The second-order valence-electron chi connectivity index (χ2n) is 4.17. The third-order valence-electron chi connectivity index (χ3n) is 3.23. The summed E-state index contributed by atoms with van der Waals surface area (Å²) in [5, 5.41) is 0. The third-order valence-corrected chi connectivity index (χ3v) is 3.23. The van der Waals surface area contributed by atoms with Gasteiger partial charge in [-0.1, -0.05) is 0 Å². The molecule has 3 nitrogen and oxygen atoms in total. The van der Waals surface area contributed by atoms with E-state index < -0.39 is 5.60 Å². The van der Waals surface area contributed by atoms with Crippen molar-refractivity contribution in [1.82, 2.24) is 0 Å². The topological polar surface area (TPSA) is 39.4 Å². The lowest BCUT2D eigenvalue weighted by molar-refractivity contribution is -0.124. The smallest absolute Gasteiger partial charge is 0.163 e. The van der Waals surface area contributed by atoms with Gasteiger partial charge in [0, 0.05) is 18.1 Å². The molecule has 2 aliphatic rings. The summed E-state index contributed by atoms with van der Waals surface area (Å²) in [6.07, 6.45) is 8.01. The normalized spacial score (nSPS) is 28.9. The minimum absolute atomic E-state index is 0.135.